The van der Waals surface area contributed by atoms with E-state index in [0.717, 1.165) is 11.3 Å². The molecule has 1 heterocycles. The molecule has 0 saturated heterocycles. The van der Waals surface area contributed by atoms with Crippen molar-refractivity contribution >= 4 is 5.91 Å². The molecule has 0 aliphatic heterocycles. The second-order valence-electron chi connectivity index (χ2n) is 4.45. The van der Waals surface area contributed by atoms with Crippen molar-refractivity contribution in [1.29, 1.82) is 0 Å². The summed E-state index contributed by atoms with van der Waals surface area (Å²) in [6.07, 6.45) is 0. The zero-order chi connectivity index (χ0) is 14.7. The first-order valence-corrected chi connectivity index (χ1v) is 6.59. The van der Waals surface area contributed by atoms with E-state index in [9.17, 15) is 4.79 Å². The fraction of sp³-hybridized carbons (Fsp3) is 0.0625. The highest BCUT2D eigenvalue weighted by Gasteiger charge is 2.17. The molecular weight excluding hydrogens is 264 g/mol. The SMILES string of the molecule is CNC(=O)c1nc(-c2ccccc2)n(-c2ccccc2)n1. The molecule has 0 atom stereocenters. The van der Waals surface area contributed by atoms with Crippen LogP contribution in [0.25, 0.3) is 17.1 Å². The van der Waals surface area contributed by atoms with Gasteiger partial charge in [-0.2, -0.15) is 0 Å². The predicted molar refractivity (Wildman–Crippen MR) is 80.2 cm³/mol. The van der Waals surface area contributed by atoms with Gasteiger partial charge in [0.25, 0.3) is 5.91 Å². The molecular formula is C16H14N4O. The average Bonchev–Trinajstić information content (AvgIpc) is 3.01. The van der Waals surface area contributed by atoms with Crippen molar-refractivity contribution in [2.75, 3.05) is 7.05 Å². The number of rotatable bonds is 3. The van der Waals surface area contributed by atoms with Crippen LogP contribution >= 0.6 is 0 Å². The summed E-state index contributed by atoms with van der Waals surface area (Å²) in [5, 5.41) is 6.87. The third-order valence-corrected chi connectivity index (χ3v) is 3.07. The van der Waals surface area contributed by atoms with Crippen molar-refractivity contribution in [3.8, 4) is 17.1 Å². The Morgan fingerprint density at radius 3 is 2.24 bits per heavy atom. The number of hydrogen-bond donors (Lipinski definition) is 1. The Hall–Kier alpha value is -2.95. The van der Waals surface area contributed by atoms with Crippen LogP contribution in [0.3, 0.4) is 0 Å². The minimum absolute atomic E-state index is 0.153. The number of hydrogen-bond acceptors (Lipinski definition) is 3. The summed E-state index contributed by atoms with van der Waals surface area (Å²) >= 11 is 0. The van der Waals surface area contributed by atoms with Crippen LogP contribution in [-0.2, 0) is 0 Å². The van der Waals surface area contributed by atoms with E-state index in [1.165, 1.54) is 0 Å². The summed E-state index contributed by atoms with van der Waals surface area (Å²) < 4.78 is 1.68. The minimum Gasteiger partial charge on any atom is -0.352 e. The number of aromatic nitrogens is 3. The number of benzene rings is 2. The third-order valence-electron chi connectivity index (χ3n) is 3.07. The number of nitrogens with one attached hydrogen (secondary N) is 1. The number of carbonyl (C=O) groups excluding carboxylic acids is 1. The number of amides is 1. The maximum atomic E-state index is 11.8. The molecule has 1 aromatic heterocycles. The lowest BCUT2D eigenvalue weighted by atomic mass is 10.2. The molecule has 0 spiro atoms. The molecule has 0 aliphatic rings. The lowest BCUT2D eigenvalue weighted by Crippen LogP contribution is -2.19. The third kappa shape index (κ3) is 2.53. The molecule has 21 heavy (non-hydrogen) atoms. The van der Waals surface area contributed by atoms with Gasteiger partial charge in [0, 0.05) is 12.6 Å². The molecule has 0 fully saturated rings. The summed E-state index contributed by atoms with van der Waals surface area (Å²) in [7, 11) is 1.56. The topological polar surface area (TPSA) is 59.8 Å². The van der Waals surface area contributed by atoms with Gasteiger partial charge in [-0.25, -0.2) is 9.67 Å². The highest BCUT2D eigenvalue weighted by molar-refractivity contribution is 5.90. The van der Waals surface area contributed by atoms with Gasteiger partial charge >= 0.3 is 0 Å². The molecule has 0 saturated carbocycles. The van der Waals surface area contributed by atoms with Crippen LogP contribution in [0.5, 0.6) is 0 Å². The standard InChI is InChI=1S/C16H14N4O/c1-17-16(21)14-18-15(12-8-4-2-5-9-12)20(19-14)13-10-6-3-7-11-13/h2-11H,1H3,(H,17,21). The maximum Gasteiger partial charge on any atom is 0.290 e. The molecule has 3 aromatic rings. The van der Waals surface area contributed by atoms with Crippen LogP contribution in [0.1, 0.15) is 10.6 Å². The van der Waals surface area contributed by atoms with Gasteiger partial charge in [-0.15, -0.1) is 5.10 Å². The molecule has 0 radical (unpaired) electrons. The van der Waals surface area contributed by atoms with E-state index in [4.69, 9.17) is 0 Å². The Morgan fingerprint density at radius 1 is 1.00 bits per heavy atom. The molecule has 5 nitrogen and oxygen atoms in total. The van der Waals surface area contributed by atoms with E-state index in [1.807, 2.05) is 60.7 Å². The van der Waals surface area contributed by atoms with Crippen LogP contribution in [0.4, 0.5) is 0 Å². The first-order valence-electron chi connectivity index (χ1n) is 6.59. The first kappa shape index (κ1) is 13.1. The number of carbonyl (C=O) groups is 1. The fourth-order valence-corrected chi connectivity index (χ4v) is 2.04. The Morgan fingerprint density at radius 2 is 1.62 bits per heavy atom. The molecule has 2 aromatic carbocycles. The van der Waals surface area contributed by atoms with Crippen LogP contribution in [0.15, 0.2) is 60.7 Å². The molecule has 1 amide bonds. The van der Waals surface area contributed by atoms with E-state index < -0.39 is 0 Å². The Kier molecular flexibility index (Phi) is 3.47. The molecule has 1 N–H and O–H groups in total. The van der Waals surface area contributed by atoms with Crippen molar-refractivity contribution in [2.24, 2.45) is 0 Å². The molecule has 5 heteroatoms. The van der Waals surface area contributed by atoms with Gasteiger partial charge in [0.2, 0.25) is 5.82 Å². The van der Waals surface area contributed by atoms with Crippen LogP contribution in [0.2, 0.25) is 0 Å². The van der Waals surface area contributed by atoms with Gasteiger partial charge in [0.05, 0.1) is 5.69 Å². The molecule has 0 aliphatic carbocycles. The minimum atomic E-state index is -0.304. The maximum absolute atomic E-state index is 11.8. The predicted octanol–water partition coefficient (Wildman–Crippen LogP) is 2.29. The van der Waals surface area contributed by atoms with Gasteiger partial charge in [0.1, 0.15) is 0 Å². The van der Waals surface area contributed by atoms with Crippen molar-refractivity contribution in [3.05, 3.63) is 66.5 Å². The van der Waals surface area contributed by atoms with Gasteiger partial charge < -0.3 is 5.32 Å². The number of para-hydroxylation sites is 1. The number of nitrogens with zero attached hydrogens (tertiary/aromatic N) is 3. The molecule has 0 unspecified atom stereocenters. The lowest BCUT2D eigenvalue weighted by Gasteiger charge is -2.05. The highest BCUT2D eigenvalue weighted by atomic mass is 16.2. The van der Waals surface area contributed by atoms with Gasteiger partial charge in [-0.1, -0.05) is 48.5 Å². The zero-order valence-corrected chi connectivity index (χ0v) is 11.5. The normalized spacial score (nSPS) is 10.3. The van der Waals surface area contributed by atoms with Crippen molar-refractivity contribution < 1.29 is 4.79 Å². The van der Waals surface area contributed by atoms with Crippen molar-refractivity contribution in [2.45, 2.75) is 0 Å². The lowest BCUT2D eigenvalue weighted by molar-refractivity contribution is 0.0953. The Balaban J connectivity index is 2.18. The van der Waals surface area contributed by atoms with Crippen LogP contribution in [-0.4, -0.2) is 27.7 Å². The van der Waals surface area contributed by atoms with E-state index in [-0.39, 0.29) is 11.7 Å². The molecule has 0 bridgehead atoms. The summed E-state index contributed by atoms with van der Waals surface area (Å²) in [6, 6.07) is 19.3. The first-order chi connectivity index (χ1) is 10.3. The summed E-state index contributed by atoms with van der Waals surface area (Å²) in [4.78, 5) is 16.2. The molecule has 104 valence electrons. The monoisotopic (exact) mass is 278 g/mol. The summed E-state index contributed by atoms with van der Waals surface area (Å²) in [5.41, 5.74) is 1.77. The van der Waals surface area contributed by atoms with Gasteiger partial charge in [-0.05, 0) is 12.1 Å². The van der Waals surface area contributed by atoms with E-state index in [1.54, 1.807) is 11.7 Å². The van der Waals surface area contributed by atoms with Crippen molar-refractivity contribution in [3.63, 3.8) is 0 Å². The van der Waals surface area contributed by atoms with E-state index in [0.29, 0.717) is 5.82 Å². The zero-order valence-electron chi connectivity index (χ0n) is 11.5. The van der Waals surface area contributed by atoms with E-state index in [2.05, 4.69) is 15.4 Å². The van der Waals surface area contributed by atoms with Gasteiger partial charge in [-0.3, -0.25) is 4.79 Å². The van der Waals surface area contributed by atoms with E-state index >= 15 is 0 Å². The van der Waals surface area contributed by atoms with Gasteiger partial charge in [0.15, 0.2) is 5.82 Å². The quantitative estimate of drug-likeness (QED) is 0.799. The van der Waals surface area contributed by atoms with Crippen molar-refractivity contribution in [1.82, 2.24) is 20.1 Å². The summed E-state index contributed by atoms with van der Waals surface area (Å²) in [6.45, 7) is 0. The second-order valence-corrected chi connectivity index (χ2v) is 4.45. The second kappa shape index (κ2) is 5.58. The van der Waals surface area contributed by atoms with Crippen LogP contribution in [0, 0.1) is 0 Å². The smallest absolute Gasteiger partial charge is 0.290 e. The fourth-order valence-electron chi connectivity index (χ4n) is 2.04. The molecule has 3 rings (SSSR count). The Bertz CT molecular complexity index is 693. The Labute approximate surface area is 122 Å². The summed E-state index contributed by atoms with van der Waals surface area (Å²) in [5.74, 6) is 0.488. The largest absolute Gasteiger partial charge is 0.352 e. The van der Waals surface area contributed by atoms with Crippen LogP contribution < -0.4 is 5.32 Å². The average molecular weight is 278 g/mol. The highest BCUT2D eigenvalue weighted by Crippen LogP contribution is 2.20.